The maximum absolute atomic E-state index is 12.8. The molecule has 1 N–H and O–H groups in total. The quantitative estimate of drug-likeness (QED) is 0.472. The van der Waals surface area contributed by atoms with E-state index in [1.807, 2.05) is 24.3 Å². The van der Waals surface area contributed by atoms with E-state index in [4.69, 9.17) is 9.47 Å². The lowest BCUT2D eigenvalue weighted by atomic mass is 10.3. The summed E-state index contributed by atoms with van der Waals surface area (Å²) in [4.78, 5) is 16.9. The van der Waals surface area contributed by atoms with Gasteiger partial charge in [0.1, 0.15) is 11.5 Å². The lowest BCUT2D eigenvalue weighted by molar-refractivity contribution is -0.116. The molecule has 0 spiro atoms. The van der Waals surface area contributed by atoms with Crippen molar-refractivity contribution in [2.45, 2.75) is 30.6 Å². The van der Waals surface area contributed by atoms with Gasteiger partial charge in [0.25, 0.3) is 0 Å². The number of nitrogens with one attached hydrogen (secondary N) is 1. The maximum Gasteiger partial charge on any atom is 0.243 e. The third-order valence-electron chi connectivity index (χ3n) is 5.19. The second kappa shape index (κ2) is 9.85. The molecule has 2 heterocycles. The van der Waals surface area contributed by atoms with E-state index in [0.29, 0.717) is 43.2 Å². The number of fused-ring (bicyclic) bond motifs is 1. The zero-order valence-corrected chi connectivity index (χ0v) is 19.4. The molecule has 0 aliphatic carbocycles. The summed E-state index contributed by atoms with van der Waals surface area (Å²) in [5, 5.41) is 3.25. The molecule has 1 fully saturated rings. The van der Waals surface area contributed by atoms with Crippen LogP contribution in [0.5, 0.6) is 11.5 Å². The Morgan fingerprint density at radius 1 is 1.12 bits per heavy atom. The number of ether oxygens (including phenoxy) is 2. The fraction of sp³-hybridized carbons (Fsp3) is 0.364. The van der Waals surface area contributed by atoms with Crippen LogP contribution < -0.4 is 14.8 Å². The predicted octanol–water partition coefficient (Wildman–Crippen LogP) is 3.89. The molecule has 0 atom stereocenters. The van der Waals surface area contributed by atoms with Crippen molar-refractivity contribution < 1.29 is 22.7 Å². The first-order chi connectivity index (χ1) is 15.5. The number of amides is 1. The van der Waals surface area contributed by atoms with Crippen molar-refractivity contribution in [1.29, 1.82) is 0 Å². The molecule has 2 aromatic carbocycles. The first kappa shape index (κ1) is 22.5. The van der Waals surface area contributed by atoms with E-state index in [9.17, 15) is 13.2 Å². The van der Waals surface area contributed by atoms with Crippen LogP contribution in [-0.2, 0) is 14.8 Å². The molecule has 1 aliphatic heterocycles. The number of carbonyl (C=O) groups is 1. The van der Waals surface area contributed by atoms with E-state index >= 15 is 0 Å². The molecule has 1 saturated heterocycles. The lowest BCUT2D eigenvalue weighted by Gasteiger charge is -2.15. The summed E-state index contributed by atoms with van der Waals surface area (Å²) in [6.07, 6.45) is 2.63. The largest absolute Gasteiger partial charge is 0.497 e. The molecule has 10 heteroatoms. The van der Waals surface area contributed by atoms with Crippen LogP contribution in [0.25, 0.3) is 10.2 Å². The average Bonchev–Trinajstić information content (AvgIpc) is 3.46. The Balaban J connectivity index is 1.31. The van der Waals surface area contributed by atoms with Crippen molar-refractivity contribution in [3.8, 4) is 11.5 Å². The van der Waals surface area contributed by atoms with Crippen molar-refractivity contribution in [3.05, 3.63) is 42.5 Å². The normalized spacial score (nSPS) is 14.5. The highest BCUT2D eigenvalue weighted by molar-refractivity contribution is 7.89. The Bertz CT molecular complexity index is 1190. The fourth-order valence-corrected chi connectivity index (χ4v) is 6.01. The van der Waals surface area contributed by atoms with Gasteiger partial charge in [0.05, 0.1) is 28.8 Å². The number of methoxy groups -OCH3 is 1. The van der Waals surface area contributed by atoms with Crippen LogP contribution in [0.3, 0.4) is 0 Å². The van der Waals surface area contributed by atoms with Crippen molar-refractivity contribution in [1.82, 2.24) is 9.29 Å². The number of sulfonamides is 1. The molecule has 3 aromatic rings. The monoisotopic (exact) mass is 475 g/mol. The van der Waals surface area contributed by atoms with Crippen LogP contribution in [0, 0.1) is 0 Å². The van der Waals surface area contributed by atoms with Crippen LogP contribution in [0.4, 0.5) is 5.13 Å². The molecule has 1 amide bonds. The van der Waals surface area contributed by atoms with Gasteiger partial charge >= 0.3 is 0 Å². The van der Waals surface area contributed by atoms with Crippen LogP contribution in [0.15, 0.2) is 47.4 Å². The number of hydrogen-bond acceptors (Lipinski definition) is 7. The van der Waals surface area contributed by atoms with Crippen molar-refractivity contribution in [2.24, 2.45) is 0 Å². The standard InChI is InChI=1S/C22H25N3O5S2/c1-29-16-6-8-17(9-7-16)30-14-4-5-21(26)24-22-23-19-11-10-18(15-20(19)31-22)32(27,28)25-12-2-3-13-25/h6-11,15H,2-5,12-14H2,1H3,(H,23,24,26). The highest BCUT2D eigenvalue weighted by atomic mass is 32.2. The third kappa shape index (κ3) is 5.20. The van der Waals surface area contributed by atoms with Crippen LogP contribution in [0.1, 0.15) is 25.7 Å². The minimum Gasteiger partial charge on any atom is -0.497 e. The number of rotatable bonds is 9. The number of thiazole rings is 1. The predicted molar refractivity (Wildman–Crippen MR) is 124 cm³/mol. The first-order valence-electron chi connectivity index (χ1n) is 10.4. The molecule has 1 aromatic heterocycles. The van der Waals surface area contributed by atoms with Gasteiger partial charge in [-0.2, -0.15) is 4.31 Å². The summed E-state index contributed by atoms with van der Waals surface area (Å²) < 4.78 is 38.5. The van der Waals surface area contributed by atoms with Gasteiger partial charge in [0.15, 0.2) is 5.13 Å². The zero-order valence-electron chi connectivity index (χ0n) is 17.7. The second-order valence-electron chi connectivity index (χ2n) is 7.44. The van der Waals surface area contributed by atoms with Crippen molar-refractivity contribution in [3.63, 3.8) is 0 Å². The SMILES string of the molecule is COc1ccc(OCCCC(=O)Nc2nc3ccc(S(=O)(=O)N4CCCC4)cc3s2)cc1. The highest BCUT2D eigenvalue weighted by Crippen LogP contribution is 2.30. The molecular weight excluding hydrogens is 450 g/mol. The van der Waals surface area contributed by atoms with Gasteiger partial charge in [0, 0.05) is 19.5 Å². The second-order valence-corrected chi connectivity index (χ2v) is 10.4. The molecule has 0 radical (unpaired) electrons. The van der Waals surface area contributed by atoms with Gasteiger partial charge in [-0.05, 0) is 61.7 Å². The van der Waals surface area contributed by atoms with E-state index in [1.165, 1.54) is 15.6 Å². The third-order valence-corrected chi connectivity index (χ3v) is 8.01. The summed E-state index contributed by atoms with van der Waals surface area (Å²) in [7, 11) is -1.88. The molecule has 0 bridgehead atoms. The molecule has 0 unspecified atom stereocenters. The van der Waals surface area contributed by atoms with E-state index < -0.39 is 10.0 Å². The minimum absolute atomic E-state index is 0.160. The number of benzene rings is 2. The van der Waals surface area contributed by atoms with Crippen molar-refractivity contribution >= 4 is 42.6 Å². The minimum atomic E-state index is -3.48. The molecule has 170 valence electrons. The Hall–Kier alpha value is -2.69. The Labute approximate surface area is 191 Å². The van der Waals surface area contributed by atoms with E-state index in [0.717, 1.165) is 29.0 Å². The highest BCUT2D eigenvalue weighted by Gasteiger charge is 2.27. The number of anilines is 1. The Morgan fingerprint density at radius 3 is 2.56 bits per heavy atom. The van der Waals surface area contributed by atoms with Gasteiger partial charge in [-0.1, -0.05) is 11.3 Å². The molecule has 8 nitrogen and oxygen atoms in total. The Morgan fingerprint density at radius 2 is 1.84 bits per heavy atom. The number of nitrogens with zero attached hydrogens (tertiary/aromatic N) is 2. The molecule has 4 rings (SSSR count). The zero-order chi connectivity index (χ0) is 22.6. The average molecular weight is 476 g/mol. The fourth-order valence-electron chi connectivity index (χ4n) is 3.47. The van der Waals surface area contributed by atoms with Gasteiger partial charge < -0.3 is 14.8 Å². The number of aromatic nitrogens is 1. The Kier molecular flexibility index (Phi) is 6.92. The van der Waals surface area contributed by atoms with Gasteiger partial charge in [-0.15, -0.1) is 0 Å². The lowest BCUT2D eigenvalue weighted by Crippen LogP contribution is -2.27. The number of hydrogen-bond donors (Lipinski definition) is 1. The molecular formula is C22H25N3O5S2. The maximum atomic E-state index is 12.8. The summed E-state index contributed by atoms with van der Waals surface area (Å²) in [6, 6.07) is 12.2. The van der Waals surface area contributed by atoms with Gasteiger partial charge in [-0.3, -0.25) is 4.79 Å². The first-order valence-corrected chi connectivity index (χ1v) is 12.7. The van der Waals surface area contributed by atoms with Gasteiger partial charge in [-0.25, -0.2) is 13.4 Å². The summed E-state index contributed by atoms with van der Waals surface area (Å²) in [5.41, 5.74) is 0.661. The van der Waals surface area contributed by atoms with Crippen LogP contribution >= 0.6 is 11.3 Å². The molecule has 1 aliphatic rings. The van der Waals surface area contributed by atoms with Crippen LogP contribution in [0.2, 0.25) is 0 Å². The van der Waals surface area contributed by atoms with Crippen molar-refractivity contribution in [2.75, 3.05) is 32.1 Å². The molecule has 32 heavy (non-hydrogen) atoms. The van der Waals surface area contributed by atoms with E-state index in [1.54, 1.807) is 25.3 Å². The number of carbonyl (C=O) groups excluding carboxylic acids is 1. The topological polar surface area (TPSA) is 97.8 Å². The molecule has 0 saturated carbocycles. The summed E-state index contributed by atoms with van der Waals surface area (Å²) in [6.45, 7) is 1.54. The van der Waals surface area contributed by atoms with Crippen LogP contribution in [-0.4, -0.2) is 50.4 Å². The smallest absolute Gasteiger partial charge is 0.243 e. The van der Waals surface area contributed by atoms with E-state index in [2.05, 4.69) is 10.3 Å². The van der Waals surface area contributed by atoms with Gasteiger partial charge in [0.2, 0.25) is 15.9 Å². The summed E-state index contributed by atoms with van der Waals surface area (Å²) in [5.74, 6) is 1.32. The summed E-state index contributed by atoms with van der Waals surface area (Å²) >= 11 is 1.27. The van der Waals surface area contributed by atoms with E-state index in [-0.39, 0.29) is 10.8 Å².